The first kappa shape index (κ1) is 12.0. The van der Waals surface area contributed by atoms with Gasteiger partial charge in [0.2, 0.25) is 10.0 Å². The van der Waals surface area contributed by atoms with Crippen LogP contribution in [0.5, 0.6) is 0 Å². The molecule has 0 saturated carbocycles. The molecule has 0 amide bonds. The number of rotatable bonds is 3. The van der Waals surface area contributed by atoms with Gasteiger partial charge in [-0.05, 0) is 30.2 Å². The molecule has 4 nitrogen and oxygen atoms in total. The number of hydrogen-bond donors (Lipinski definition) is 1. The van der Waals surface area contributed by atoms with Crippen molar-refractivity contribution < 1.29 is 8.42 Å². The molecule has 0 aliphatic rings. The van der Waals surface area contributed by atoms with E-state index in [-0.39, 0.29) is 0 Å². The zero-order chi connectivity index (χ0) is 12.5. The first-order valence-electron chi connectivity index (χ1n) is 5.25. The lowest BCUT2D eigenvalue weighted by atomic mass is 10.0. The Morgan fingerprint density at radius 2 is 2.06 bits per heavy atom. The Morgan fingerprint density at radius 1 is 1.29 bits per heavy atom. The second kappa shape index (κ2) is 4.43. The van der Waals surface area contributed by atoms with Crippen LogP contribution in [0.15, 0.2) is 30.5 Å². The summed E-state index contributed by atoms with van der Waals surface area (Å²) in [5, 5.41) is 0.989. The number of aryl methyl sites for hydroxylation is 1. The monoisotopic (exact) mass is 250 g/mol. The van der Waals surface area contributed by atoms with Crippen LogP contribution in [0.4, 0.5) is 0 Å². The maximum absolute atomic E-state index is 11.1. The van der Waals surface area contributed by atoms with Crippen LogP contribution in [-0.4, -0.2) is 19.7 Å². The SMILES string of the molecule is Cc1ccc2ncccc2c1CNS(C)(=O)=O. The van der Waals surface area contributed by atoms with Gasteiger partial charge < -0.3 is 0 Å². The third kappa shape index (κ3) is 2.81. The lowest BCUT2D eigenvalue weighted by molar-refractivity contribution is 0.587. The summed E-state index contributed by atoms with van der Waals surface area (Å²) in [4.78, 5) is 4.25. The molecule has 1 heterocycles. The van der Waals surface area contributed by atoms with E-state index in [1.165, 1.54) is 0 Å². The van der Waals surface area contributed by atoms with Crippen LogP contribution >= 0.6 is 0 Å². The summed E-state index contributed by atoms with van der Waals surface area (Å²) in [5.74, 6) is 0. The van der Waals surface area contributed by atoms with Crippen LogP contribution in [0.25, 0.3) is 10.9 Å². The van der Waals surface area contributed by atoms with E-state index in [9.17, 15) is 8.42 Å². The van der Waals surface area contributed by atoms with Crippen LogP contribution in [0.3, 0.4) is 0 Å². The van der Waals surface area contributed by atoms with Gasteiger partial charge in [-0.3, -0.25) is 4.98 Å². The molecule has 1 N–H and O–H groups in total. The molecule has 2 rings (SSSR count). The van der Waals surface area contributed by atoms with Crippen molar-refractivity contribution in [2.24, 2.45) is 0 Å². The van der Waals surface area contributed by atoms with E-state index in [0.29, 0.717) is 6.54 Å². The number of fused-ring (bicyclic) bond motifs is 1. The standard InChI is InChI=1S/C12H14N2O2S/c1-9-5-6-12-10(4-3-7-13-12)11(9)8-14-17(2,15)16/h3-7,14H,8H2,1-2H3. The molecule has 90 valence electrons. The van der Waals surface area contributed by atoms with E-state index in [0.717, 1.165) is 28.3 Å². The maximum Gasteiger partial charge on any atom is 0.209 e. The average molecular weight is 250 g/mol. The van der Waals surface area contributed by atoms with Crippen molar-refractivity contribution in [2.45, 2.75) is 13.5 Å². The molecule has 0 saturated heterocycles. The van der Waals surface area contributed by atoms with Gasteiger partial charge in [-0.2, -0.15) is 0 Å². The van der Waals surface area contributed by atoms with Crippen molar-refractivity contribution in [3.05, 3.63) is 41.6 Å². The van der Waals surface area contributed by atoms with E-state index < -0.39 is 10.0 Å². The van der Waals surface area contributed by atoms with Crippen molar-refractivity contribution in [2.75, 3.05) is 6.26 Å². The number of hydrogen-bond acceptors (Lipinski definition) is 3. The van der Waals surface area contributed by atoms with Crippen molar-refractivity contribution >= 4 is 20.9 Å². The van der Waals surface area contributed by atoms with Crippen LogP contribution in [0.1, 0.15) is 11.1 Å². The fraction of sp³-hybridized carbons (Fsp3) is 0.250. The van der Waals surface area contributed by atoms with E-state index in [1.807, 2.05) is 31.2 Å². The smallest absolute Gasteiger partial charge is 0.209 e. The molecular formula is C12H14N2O2S. The van der Waals surface area contributed by atoms with Crippen molar-refractivity contribution in [3.8, 4) is 0 Å². The molecule has 0 spiro atoms. The minimum atomic E-state index is -3.18. The molecule has 0 atom stereocenters. The number of aromatic nitrogens is 1. The molecule has 0 aliphatic heterocycles. The van der Waals surface area contributed by atoms with Crippen molar-refractivity contribution in [3.63, 3.8) is 0 Å². The third-order valence-electron chi connectivity index (χ3n) is 2.64. The van der Waals surface area contributed by atoms with Gasteiger partial charge in [-0.15, -0.1) is 0 Å². The second-order valence-electron chi connectivity index (χ2n) is 4.02. The highest BCUT2D eigenvalue weighted by Crippen LogP contribution is 2.20. The molecule has 5 heteroatoms. The van der Waals surface area contributed by atoms with Gasteiger partial charge in [-0.1, -0.05) is 12.1 Å². The van der Waals surface area contributed by atoms with E-state index in [1.54, 1.807) is 6.20 Å². The molecule has 0 bridgehead atoms. The van der Waals surface area contributed by atoms with Gasteiger partial charge in [0.05, 0.1) is 11.8 Å². The lowest BCUT2D eigenvalue weighted by Gasteiger charge is -2.09. The van der Waals surface area contributed by atoms with E-state index in [4.69, 9.17) is 0 Å². The van der Waals surface area contributed by atoms with Crippen molar-refractivity contribution in [1.82, 2.24) is 9.71 Å². The molecule has 17 heavy (non-hydrogen) atoms. The minimum Gasteiger partial charge on any atom is -0.256 e. The molecule has 2 aromatic rings. The van der Waals surface area contributed by atoms with Crippen molar-refractivity contribution in [1.29, 1.82) is 0 Å². The highest BCUT2D eigenvalue weighted by molar-refractivity contribution is 7.88. The first-order valence-corrected chi connectivity index (χ1v) is 7.14. The van der Waals surface area contributed by atoms with Crippen LogP contribution in [0.2, 0.25) is 0 Å². The Hall–Kier alpha value is -1.46. The fourth-order valence-corrected chi connectivity index (χ4v) is 2.17. The highest BCUT2D eigenvalue weighted by atomic mass is 32.2. The zero-order valence-electron chi connectivity index (χ0n) is 9.77. The summed E-state index contributed by atoms with van der Waals surface area (Å²) in [6, 6.07) is 7.70. The second-order valence-corrected chi connectivity index (χ2v) is 5.86. The predicted octanol–water partition coefficient (Wildman–Crippen LogP) is 1.59. The number of pyridine rings is 1. The maximum atomic E-state index is 11.1. The molecule has 1 aromatic carbocycles. The van der Waals surface area contributed by atoms with Gasteiger partial charge in [0.1, 0.15) is 0 Å². The van der Waals surface area contributed by atoms with E-state index >= 15 is 0 Å². The first-order chi connectivity index (χ1) is 7.97. The fourth-order valence-electron chi connectivity index (χ4n) is 1.76. The molecule has 0 aliphatic carbocycles. The summed E-state index contributed by atoms with van der Waals surface area (Å²) in [6.45, 7) is 2.26. The van der Waals surface area contributed by atoms with Crippen LogP contribution in [0, 0.1) is 6.92 Å². The van der Waals surface area contributed by atoms with Gasteiger partial charge in [-0.25, -0.2) is 13.1 Å². The van der Waals surface area contributed by atoms with Gasteiger partial charge >= 0.3 is 0 Å². The molecule has 1 aromatic heterocycles. The Kier molecular flexibility index (Phi) is 3.13. The molecule has 0 fully saturated rings. The number of nitrogens with zero attached hydrogens (tertiary/aromatic N) is 1. The predicted molar refractivity (Wildman–Crippen MR) is 68.2 cm³/mol. The zero-order valence-corrected chi connectivity index (χ0v) is 10.6. The lowest BCUT2D eigenvalue weighted by Crippen LogP contribution is -2.21. The summed E-state index contributed by atoms with van der Waals surface area (Å²) in [7, 11) is -3.18. The van der Waals surface area contributed by atoms with Gasteiger partial charge in [0, 0.05) is 18.1 Å². The molecular weight excluding hydrogens is 236 g/mol. The molecule has 0 unspecified atom stereocenters. The number of nitrogens with one attached hydrogen (secondary N) is 1. The third-order valence-corrected chi connectivity index (χ3v) is 3.31. The van der Waals surface area contributed by atoms with Gasteiger partial charge in [0.15, 0.2) is 0 Å². The Morgan fingerprint density at radius 3 is 2.76 bits per heavy atom. The summed E-state index contributed by atoms with van der Waals surface area (Å²) < 4.78 is 24.8. The van der Waals surface area contributed by atoms with E-state index in [2.05, 4.69) is 9.71 Å². The van der Waals surface area contributed by atoms with Crippen LogP contribution < -0.4 is 4.72 Å². The topological polar surface area (TPSA) is 59.1 Å². The summed E-state index contributed by atoms with van der Waals surface area (Å²) in [6.07, 6.45) is 2.89. The van der Waals surface area contributed by atoms with Gasteiger partial charge in [0.25, 0.3) is 0 Å². The summed E-state index contributed by atoms with van der Waals surface area (Å²) >= 11 is 0. The summed E-state index contributed by atoms with van der Waals surface area (Å²) in [5.41, 5.74) is 2.91. The average Bonchev–Trinajstić information content (AvgIpc) is 2.26. The number of sulfonamides is 1. The normalized spacial score (nSPS) is 11.9. The quantitative estimate of drug-likeness (QED) is 0.900. The highest BCUT2D eigenvalue weighted by Gasteiger charge is 2.07. The minimum absolute atomic E-state index is 0.299. The Labute approximate surface area is 101 Å². The Bertz CT molecular complexity index is 651. The largest absolute Gasteiger partial charge is 0.256 e. The van der Waals surface area contributed by atoms with Crippen LogP contribution in [-0.2, 0) is 16.6 Å². The molecule has 0 radical (unpaired) electrons. The number of benzene rings is 1. The Balaban J connectivity index is 2.48.